The molecule has 0 aliphatic heterocycles. The van der Waals surface area contributed by atoms with Gasteiger partial charge in [0, 0.05) is 6.21 Å². The van der Waals surface area contributed by atoms with E-state index in [4.69, 9.17) is 0 Å². The molecule has 0 fully saturated rings. The third-order valence-electron chi connectivity index (χ3n) is 1.79. The smallest absolute Gasteiger partial charge is 0.0657 e. The molecule has 0 heterocycles. The highest BCUT2D eigenvalue weighted by molar-refractivity contribution is 5.64. The van der Waals surface area contributed by atoms with Crippen LogP contribution in [0.15, 0.2) is 29.3 Å². The fraction of sp³-hybridized carbons (Fsp3) is 0.364. The minimum absolute atomic E-state index is 0.998. The monoisotopic (exact) mass is 161 g/mol. The predicted molar refractivity (Wildman–Crippen MR) is 54.3 cm³/mol. The Bertz CT molecular complexity index is 263. The first-order valence-electron chi connectivity index (χ1n) is 4.49. The summed E-state index contributed by atoms with van der Waals surface area (Å²) >= 11 is 0. The van der Waals surface area contributed by atoms with Crippen molar-refractivity contribution in [3.63, 3.8) is 0 Å². The lowest BCUT2D eigenvalue weighted by Gasteiger charge is -2.00. The van der Waals surface area contributed by atoms with Crippen LogP contribution in [0.3, 0.4) is 0 Å². The third kappa shape index (κ3) is 2.19. The maximum Gasteiger partial charge on any atom is 0.0657 e. The summed E-state index contributed by atoms with van der Waals surface area (Å²) in [6, 6.07) is 8.28. The van der Waals surface area contributed by atoms with Crippen molar-refractivity contribution in [1.82, 2.24) is 0 Å². The van der Waals surface area contributed by atoms with Gasteiger partial charge in [-0.25, -0.2) is 0 Å². The number of rotatable bonds is 3. The number of para-hydroxylation sites is 1. The predicted octanol–water partition coefficient (Wildman–Crippen LogP) is 3.36. The van der Waals surface area contributed by atoms with Crippen LogP contribution in [0.4, 0.5) is 5.69 Å². The lowest BCUT2D eigenvalue weighted by atomic mass is 10.1. The molecule has 1 heteroatoms. The second-order valence-electron chi connectivity index (χ2n) is 2.70. The average molecular weight is 161 g/mol. The Balaban J connectivity index is 2.89. The maximum atomic E-state index is 4.37. The zero-order valence-corrected chi connectivity index (χ0v) is 7.75. The molecule has 1 nitrogen and oxygen atoms in total. The van der Waals surface area contributed by atoms with E-state index < -0.39 is 0 Å². The van der Waals surface area contributed by atoms with E-state index in [9.17, 15) is 0 Å². The van der Waals surface area contributed by atoms with Crippen LogP contribution < -0.4 is 0 Å². The Morgan fingerprint density at radius 1 is 1.25 bits per heavy atom. The van der Waals surface area contributed by atoms with Gasteiger partial charge in [0.2, 0.25) is 0 Å². The van der Waals surface area contributed by atoms with Crippen LogP contribution in [0.2, 0.25) is 0 Å². The van der Waals surface area contributed by atoms with Crippen molar-refractivity contribution in [3.05, 3.63) is 29.8 Å². The topological polar surface area (TPSA) is 12.4 Å². The van der Waals surface area contributed by atoms with E-state index in [-0.39, 0.29) is 0 Å². The van der Waals surface area contributed by atoms with Gasteiger partial charge in [-0.05, 0) is 24.5 Å². The first-order valence-corrected chi connectivity index (χ1v) is 4.49. The van der Waals surface area contributed by atoms with Crippen molar-refractivity contribution in [2.45, 2.75) is 26.7 Å². The average Bonchev–Trinajstić information content (AvgIpc) is 2.15. The SMILES string of the molecule is CC/C=N\c1ccccc1CC. The highest BCUT2D eigenvalue weighted by Gasteiger charge is 1.94. The van der Waals surface area contributed by atoms with Gasteiger partial charge in [-0.2, -0.15) is 0 Å². The van der Waals surface area contributed by atoms with Crippen molar-refractivity contribution < 1.29 is 0 Å². The molecule has 64 valence electrons. The molecule has 0 saturated carbocycles. The summed E-state index contributed by atoms with van der Waals surface area (Å²) in [5, 5.41) is 0. The summed E-state index contributed by atoms with van der Waals surface area (Å²) in [5.41, 5.74) is 2.43. The Morgan fingerprint density at radius 2 is 2.00 bits per heavy atom. The lowest BCUT2D eigenvalue weighted by Crippen LogP contribution is -1.80. The van der Waals surface area contributed by atoms with Gasteiger partial charge in [0.05, 0.1) is 5.69 Å². The van der Waals surface area contributed by atoms with E-state index in [1.807, 2.05) is 12.3 Å². The second-order valence-corrected chi connectivity index (χ2v) is 2.70. The number of nitrogens with zero attached hydrogens (tertiary/aromatic N) is 1. The molecular weight excluding hydrogens is 146 g/mol. The van der Waals surface area contributed by atoms with Crippen molar-refractivity contribution >= 4 is 11.9 Å². The summed E-state index contributed by atoms with van der Waals surface area (Å²) in [5.74, 6) is 0. The van der Waals surface area contributed by atoms with Gasteiger partial charge in [-0.3, -0.25) is 4.99 Å². The van der Waals surface area contributed by atoms with E-state index in [1.165, 1.54) is 5.56 Å². The van der Waals surface area contributed by atoms with E-state index in [2.05, 4.69) is 37.0 Å². The van der Waals surface area contributed by atoms with Crippen LogP contribution in [-0.2, 0) is 6.42 Å². The number of hydrogen-bond acceptors (Lipinski definition) is 1. The highest BCUT2D eigenvalue weighted by atomic mass is 14.7. The Morgan fingerprint density at radius 3 is 2.67 bits per heavy atom. The van der Waals surface area contributed by atoms with E-state index in [0.29, 0.717) is 0 Å². The molecule has 0 saturated heterocycles. The summed E-state index contributed by atoms with van der Waals surface area (Å²) < 4.78 is 0. The number of benzene rings is 1. The van der Waals surface area contributed by atoms with Crippen LogP contribution in [0.1, 0.15) is 25.8 Å². The highest BCUT2D eigenvalue weighted by Crippen LogP contribution is 2.18. The van der Waals surface area contributed by atoms with Gasteiger partial charge in [-0.1, -0.05) is 32.0 Å². The zero-order valence-electron chi connectivity index (χ0n) is 7.75. The minimum atomic E-state index is 0.998. The first kappa shape index (κ1) is 8.98. The van der Waals surface area contributed by atoms with Crippen LogP contribution in [-0.4, -0.2) is 6.21 Å². The molecule has 0 aromatic heterocycles. The molecule has 1 aromatic rings. The molecular formula is C11H15N. The molecule has 0 spiro atoms. The molecule has 1 aromatic carbocycles. The minimum Gasteiger partial charge on any atom is -0.261 e. The molecule has 0 amide bonds. The standard InChI is InChI=1S/C11H15N/c1-3-9-12-11-8-6-5-7-10(11)4-2/h5-9H,3-4H2,1-2H3/b12-9-. The summed E-state index contributed by atoms with van der Waals surface area (Å²) in [7, 11) is 0. The van der Waals surface area contributed by atoms with E-state index in [1.54, 1.807) is 0 Å². The molecule has 0 atom stereocenters. The molecule has 0 N–H and O–H groups in total. The Labute approximate surface area is 74.2 Å². The van der Waals surface area contributed by atoms with Gasteiger partial charge in [0.1, 0.15) is 0 Å². The molecule has 0 bridgehead atoms. The van der Waals surface area contributed by atoms with Crippen LogP contribution >= 0.6 is 0 Å². The lowest BCUT2D eigenvalue weighted by molar-refractivity contribution is 1.13. The molecule has 0 aliphatic rings. The molecule has 0 aliphatic carbocycles. The van der Waals surface area contributed by atoms with Crippen LogP contribution in [0.25, 0.3) is 0 Å². The Hall–Kier alpha value is -1.11. The van der Waals surface area contributed by atoms with Crippen molar-refractivity contribution in [2.75, 3.05) is 0 Å². The molecule has 1 rings (SSSR count). The number of aliphatic imine (C=N–C) groups is 1. The summed E-state index contributed by atoms with van der Waals surface area (Å²) in [6.45, 7) is 4.25. The van der Waals surface area contributed by atoms with Crippen LogP contribution in [0, 0.1) is 0 Å². The molecule has 0 unspecified atom stereocenters. The molecule has 12 heavy (non-hydrogen) atoms. The maximum absolute atomic E-state index is 4.37. The van der Waals surface area contributed by atoms with Crippen LogP contribution in [0.5, 0.6) is 0 Å². The summed E-state index contributed by atoms with van der Waals surface area (Å²) in [6.07, 6.45) is 4.00. The first-order chi connectivity index (χ1) is 5.88. The zero-order chi connectivity index (χ0) is 8.81. The van der Waals surface area contributed by atoms with Gasteiger partial charge in [-0.15, -0.1) is 0 Å². The quantitative estimate of drug-likeness (QED) is 0.603. The van der Waals surface area contributed by atoms with E-state index >= 15 is 0 Å². The van der Waals surface area contributed by atoms with Gasteiger partial charge >= 0.3 is 0 Å². The van der Waals surface area contributed by atoms with Crippen molar-refractivity contribution in [1.29, 1.82) is 0 Å². The van der Waals surface area contributed by atoms with Gasteiger partial charge in [0.25, 0.3) is 0 Å². The number of hydrogen-bond donors (Lipinski definition) is 0. The Kier molecular flexibility index (Phi) is 3.52. The van der Waals surface area contributed by atoms with Gasteiger partial charge in [0.15, 0.2) is 0 Å². The third-order valence-corrected chi connectivity index (χ3v) is 1.79. The fourth-order valence-electron chi connectivity index (χ4n) is 1.13. The molecule has 0 radical (unpaired) electrons. The fourth-order valence-corrected chi connectivity index (χ4v) is 1.13. The number of aryl methyl sites for hydroxylation is 1. The normalized spacial score (nSPS) is 10.8. The largest absolute Gasteiger partial charge is 0.261 e. The van der Waals surface area contributed by atoms with Gasteiger partial charge < -0.3 is 0 Å². The van der Waals surface area contributed by atoms with Crippen molar-refractivity contribution in [2.24, 2.45) is 4.99 Å². The van der Waals surface area contributed by atoms with E-state index in [0.717, 1.165) is 18.5 Å². The van der Waals surface area contributed by atoms with Crippen molar-refractivity contribution in [3.8, 4) is 0 Å². The summed E-state index contributed by atoms with van der Waals surface area (Å²) in [4.78, 5) is 4.37. The second kappa shape index (κ2) is 4.70.